The maximum Gasteiger partial charge on any atom is 0.244 e. The number of ether oxygens (including phenoxy) is 1. The van der Waals surface area contributed by atoms with Crippen LogP contribution in [0.5, 0.6) is 0 Å². The summed E-state index contributed by atoms with van der Waals surface area (Å²) in [5.74, 6) is 0.782. The zero-order valence-corrected chi connectivity index (χ0v) is 10.0. The maximum absolute atomic E-state index is 5.72. The third-order valence-corrected chi connectivity index (χ3v) is 2.78. The van der Waals surface area contributed by atoms with E-state index in [1.807, 2.05) is 6.92 Å². The van der Waals surface area contributed by atoms with Crippen LogP contribution in [-0.4, -0.2) is 41.0 Å². The third-order valence-electron chi connectivity index (χ3n) is 2.62. The molecule has 1 aliphatic heterocycles. The van der Waals surface area contributed by atoms with Crippen LogP contribution in [0.4, 0.5) is 5.82 Å². The second-order valence-electron chi connectivity index (χ2n) is 3.75. The van der Waals surface area contributed by atoms with Gasteiger partial charge in [0.25, 0.3) is 0 Å². The van der Waals surface area contributed by atoms with E-state index < -0.39 is 0 Å². The van der Waals surface area contributed by atoms with Crippen LogP contribution in [-0.2, 0) is 4.74 Å². The molecule has 0 amide bonds. The molecule has 16 heavy (non-hydrogen) atoms. The van der Waals surface area contributed by atoms with E-state index in [1.165, 1.54) is 0 Å². The molecule has 1 aromatic heterocycles. The third kappa shape index (κ3) is 2.80. The first-order chi connectivity index (χ1) is 7.79. The van der Waals surface area contributed by atoms with Crippen LogP contribution in [0.15, 0.2) is 6.20 Å². The normalized spacial score (nSPS) is 21.1. The van der Waals surface area contributed by atoms with Gasteiger partial charge >= 0.3 is 0 Å². The highest BCUT2D eigenvalue weighted by atomic mass is 35.5. The number of hydrogen-bond acceptors (Lipinski definition) is 5. The molecule has 0 bridgehead atoms. The second kappa shape index (κ2) is 5.41. The highest BCUT2D eigenvalue weighted by Gasteiger charge is 2.21. The highest BCUT2D eigenvalue weighted by molar-refractivity contribution is 6.28. The summed E-state index contributed by atoms with van der Waals surface area (Å²) in [7, 11) is 0. The van der Waals surface area contributed by atoms with Crippen LogP contribution >= 0.6 is 11.6 Å². The first kappa shape index (κ1) is 11.5. The van der Waals surface area contributed by atoms with Crippen LogP contribution in [0, 0.1) is 0 Å². The number of rotatable bonds is 3. The summed E-state index contributed by atoms with van der Waals surface area (Å²) in [5, 5.41) is 7.63. The molecule has 0 radical (unpaired) electrons. The zero-order valence-electron chi connectivity index (χ0n) is 9.27. The van der Waals surface area contributed by atoms with Gasteiger partial charge in [-0.15, -0.1) is 5.10 Å². The van der Waals surface area contributed by atoms with E-state index in [0.717, 1.165) is 38.4 Å². The average Bonchev–Trinajstić information content (AvgIpc) is 2.30. The van der Waals surface area contributed by atoms with Gasteiger partial charge in [0.2, 0.25) is 5.28 Å². The Morgan fingerprint density at radius 1 is 1.62 bits per heavy atom. The molecule has 1 fully saturated rings. The highest BCUT2D eigenvalue weighted by Crippen LogP contribution is 2.19. The van der Waals surface area contributed by atoms with Gasteiger partial charge in [0.1, 0.15) is 0 Å². The second-order valence-corrected chi connectivity index (χ2v) is 4.09. The molecule has 6 heteroatoms. The largest absolute Gasteiger partial charge is 0.377 e. The fourth-order valence-electron chi connectivity index (χ4n) is 1.94. The molecule has 2 heterocycles. The summed E-state index contributed by atoms with van der Waals surface area (Å²) >= 11 is 5.72. The van der Waals surface area contributed by atoms with Crippen molar-refractivity contribution in [3.8, 4) is 0 Å². The fraction of sp³-hybridized carbons (Fsp3) is 0.700. The molecule has 0 aromatic carbocycles. The van der Waals surface area contributed by atoms with E-state index >= 15 is 0 Å². The van der Waals surface area contributed by atoms with Crippen molar-refractivity contribution >= 4 is 17.4 Å². The van der Waals surface area contributed by atoms with Crippen molar-refractivity contribution in [3.63, 3.8) is 0 Å². The van der Waals surface area contributed by atoms with E-state index in [4.69, 9.17) is 16.3 Å². The van der Waals surface area contributed by atoms with Gasteiger partial charge in [-0.1, -0.05) is 0 Å². The van der Waals surface area contributed by atoms with Gasteiger partial charge in [-0.2, -0.15) is 10.1 Å². The zero-order chi connectivity index (χ0) is 11.4. The fourth-order valence-corrected chi connectivity index (χ4v) is 2.07. The molecule has 0 N–H and O–H groups in total. The Kier molecular flexibility index (Phi) is 3.90. The lowest BCUT2D eigenvalue weighted by atomic mass is 10.1. The minimum absolute atomic E-state index is 0.191. The average molecular weight is 243 g/mol. The lowest BCUT2D eigenvalue weighted by Crippen LogP contribution is -2.40. The van der Waals surface area contributed by atoms with Crippen LogP contribution in [0.25, 0.3) is 0 Å². The van der Waals surface area contributed by atoms with Gasteiger partial charge in [0, 0.05) is 19.7 Å². The predicted molar refractivity (Wildman–Crippen MR) is 61.7 cm³/mol. The van der Waals surface area contributed by atoms with Crippen LogP contribution in [0.1, 0.15) is 19.8 Å². The molecule has 0 spiro atoms. The van der Waals surface area contributed by atoms with Crippen LogP contribution in [0.3, 0.4) is 0 Å². The molecule has 1 unspecified atom stereocenters. The molecule has 1 aromatic rings. The Labute approximate surface area is 99.8 Å². The molecule has 2 rings (SSSR count). The van der Waals surface area contributed by atoms with Crippen molar-refractivity contribution in [3.05, 3.63) is 11.5 Å². The van der Waals surface area contributed by atoms with Crippen molar-refractivity contribution in [1.82, 2.24) is 15.2 Å². The number of halogens is 1. The Morgan fingerprint density at radius 2 is 2.50 bits per heavy atom. The number of hydrogen-bond donors (Lipinski definition) is 0. The molecular weight excluding hydrogens is 228 g/mol. The Hall–Kier alpha value is -0.940. The van der Waals surface area contributed by atoms with Gasteiger partial charge in [0.15, 0.2) is 5.82 Å². The number of aromatic nitrogens is 3. The van der Waals surface area contributed by atoms with Crippen molar-refractivity contribution in [2.75, 3.05) is 24.6 Å². The lowest BCUT2D eigenvalue weighted by molar-refractivity contribution is 0.0525. The van der Waals surface area contributed by atoms with Gasteiger partial charge < -0.3 is 9.64 Å². The predicted octanol–water partition coefficient (Wildman–Crippen LogP) is 1.53. The molecule has 0 aliphatic carbocycles. The maximum atomic E-state index is 5.72. The molecule has 88 valence electrons. The van der Waals surface area contributed by atoms with Crippen molar-refractivity contribution < 1.29 is 4.74 Å². The van der Waals surface area contributed by atoms with E-state index in [2.05, 4.69) is 20.1 Å². The summed E-state index contributed by atoms with van der Waals surface area (Å²) in [6, 6.07) is 0. The molecule has 1 saturated heterocycles. The Morgan fingerprint density at radius 3 is 3.25 bits per heavy atom. The summed E-state index contributed by atoms with van der Waals surface area (Å²) in [4.78, 5) is 6.30. The van der Waals surface area contributed by atoms with Gasteiger partial charge in [-0.05, 0) is 31.4 Å². The SMILES string of the molecule is CCOC1CCCN(c2cnnc(Cl)n2)C1. The van der Waals surface area contributed by atoms with E-state index in [-0.39, 0.29) is 11.4 Å². The minimum atomic E-state index is 0.191. The molecule has 1 atom stereocenters. The molecule has 0 saturated carbocycles. The van der Waals surface area contributed by atoms with E-state index in [0.29, 0.717) is 0 Å². The van der Waals surface area contributed by atoms with Crippen LogP contribution < -0.4 is 4.90 Å². The quantitative estimate of drug-likeness (QED) is 0.805. The van der Waals surface area contributed by atoms with E-state index in [1.54, 1.807) is 6.20 Å². The Balaban J connectivity index is 2.03. The number of nitrogens with zero attached hydrogens (tertiary/aromatic N) is 4. The number of piperidine rings is 1. The Bertz CT molecular complexity index is 347. The van der Waals surface area contributed by atoms with Crippen molar-refractivity contribution in [1.29, 1.82) is 0 Å². The molecule has 5 nitrogen and oxygen atoms in total. The topological polar surface area (TPSA) is 51.1 Å². The summed E-state index contributed by atoms with van der Waals surface area (Å²) in [6.07, 6.45) is 4.13. The summed E-state index contributed by atoms with van der Waals surface area (Å²) in [5.41, 5.74) is 0. The van der Waals surface area contributed by atoms with E-state index in [9.17, 15) is 0 Å². The summed E-state index contributed by atoms with van der Waals surface area (Å²) < 4.78 is 5.63. The molecular formula is C10H15ClN4O. The van der Waals surface area contributed by atoms with Gasteiger partial charge in [-0.3, -0.25) is 0 Å². The standard InChI is InChI=1S/C10H15ClN4O/c1-2-16-8-4-3-5-15(7-8)9-6-12-14-10(11)13-9/h6,8H,2-5,7H2,1H3. The molecule has 1 aliphatic rings. The van der Waals surface area contributed by atoms with Crippen molar-refractivity contribution in [2.45, 2.75) is 25.9 Å². The smallest absolute Gasteiger partial charge is 0.244 e. The number of anilines is 1. The van der Waals surface area contributed by atoms with Gasteiger partial charge in [-0.25, -0.2) is 0 Å². The minimum Gasteiger partial charge on any atom is -0.377 e. The summed E-state index contributed by atoms with van der Waals surface area (Å²) in [6.45, 7) is 4.59. The van der Waals surface area contributed by atoms with Gasteiger partial charge in [0.05, 0.1) is 12.3 Å². The first-order valence-electron chi connectivity index (χ1n) is 5.51. The lowest BCUT2D eigenvalue weighted by Gasteiger charge is -2.32. The first-order valence-corrected chi connectivity index (χ1v) is 5.89. The monoisotopic (exact) mass is 242 g/mol. The van der Waals surface area contributed by atoms with Crippen molar-refractivity contribution in [2.24, 2.45) is 0 Å². The van der Waals surface area contributed by atoms with Crippen LogP contribution in [0.2, 0.25) is 5.28 Å².